The summed E-state index contributed by atoms with van der Waals surface area (Å²) in [4.78, 5) is 0. The van der Waals surface area contributed by atoms with Crippen LogP contribution in [0.2, 0.25) is 0 Å². The molecule has 3 unspecified atom stereocenters. The highest BCUT2D eigenvalue weighted by Gasteiger charge is 2.27. The molecule has 1 saturated carbocycles. The van der Waals surface area contributed by atoms with Gasteiger partial charge in [-0.15, -0.1) is 0 Å². The van der Waals surface area contributed by atoms with E-state index < -0.39 is 5.41 Å². The summed E-state index contributed by atoms with van der Waals surface area (Å²) in [6.45, 7) is 2.21. The van der Waals surface area contributed by atoms with Gasteiger partial charge in [0.1, 0.15) is 5.41 Å². The zero-order chi connectivity index (χ0) is 8.32. The molecule has 1 aliphatic rings. The first-order valence-electron chi connectivity index (χ1n) is 4.62. The van der Waals surface area contributed by atoms with Crippen molar-refractivity contribution >= 4 is 9.24 Å². The summed E-state index contributed by atoms with van der Waals surface area (Å²) in [5.74, 6) is 0.785. The number of halogens is 1. The Bertz CT molecular complexity index is 123. The van der Waals surface area contributed by atoms with Gasteiger partial charge in [0.15, 0.2) is 0 Å². The smallest absolute Gasteiger partial charge is 0.123 e. The van der Waals surface area contributed by atoms with Crippen molar-refractivity contribution in [3.8, 4) is 0 Å². The second kappa shape index (κ2) is 3.85. The topological polar surface area (TPSA) is 0 Å². The molecule has 0 saturated heterocycles. The lowest BCUT2D eigenvalue weighted by atomic mass is 9.98. The molecule has 0 bridgehead atoms. The van der Waals surface area contributed by atoms with E-state index in [2.05, 4.69) is 16.2 Å². The van der Waals surface area contributed by atoms with Crippen LogP contribution in [0.5, 0.6) is 0 Å². The first-order chi connectivity index (χ1) is 5.14. The van der Waals surface area contributed by atoms with Gasteiger partial charge in [-0.05, 0) is 31.6 Å². The molecule has 11 heavy (non-hydrogen) atoms. The second-order valence-corrected chi connectivity index (χ2v) is 4.77. The highest BCUT2D eigenvalue weighted by molar-refractivity contribution is 7.18. The fraction of sp³-hybridized carbons (Fsp3) is 1.00. The molecular weight excluding hydrogens is 158 g/mol. The zero-order valence-electron chi connectivity index (χ0n) is 7.28. The lowest BCUT2D eigenvalue weighted by molar-refractivity contribution is 0.252. The van der Waals surface area contributed by atoms with E-state index in [1.807, 2.05) is 0 Å². The summed E-state index contributed by atoms with van der Waals surface area (Å²) >= 11 is 0. The molecule has 0 radical (unpaired) electrons. The molecule has 0 aromatic heterocycles. The van der Waals surface area contributed by atoms with Gasteiger partial charge in [-0.2, -0.15) is 0 Å². The fourth-order valence-electron chi connectivity index (χ4n) is 1.81. The molecule has 1 rings (SSSR count). The van der Waals surface area contributed by atoms with Crippen molar-refractivity contribution in [1.82, 2.24) is 0 Å². The van der Waals surface area contributed by atoms with Crippen molar-refractivity contribution in [2.24, 2.45) is 5.92 Å². The molecule has 2 heteroatoms. The van der Waals surface area contributed by atoms with Gasteiger partial charge in [-0.25, -0.2) is 4.39 Å². The molecule has 0 heterocycles. The van der Waals surface area contributed by atoms with Gasteiger partial charge in [0.05, 0.1) is 0 Å². The van der Waals surface area contributed by atoms with Gasteiger partial charge in [-0.3, -0.25) is 0 Å². The average Bonchev–Trinajstić information content (AvgIpc) is 2.10. The van der Waals surface area contributed by atoms with Crippen molar-refractivity contribution in [3.63, 3.8) is 0 Å². The highest BCUT2D eigenvalue weighted by Crippen LogP contribution is 2.38. The van der Waals surface area contributed by atoms with Gasteiger partial charge in [0.2, 0.25) is 0 Å². The molecule has 1 fully saturated rings. The van der Waals surface area contributed by atoms with Crippen molar-refractivity contribution in [1.29, 1.82) is 0 Å². The molecule has 0 aliphatic heterocycles. The van der Waals surface area contributed by atoms with Crippen molar-refractivity contribution in [3.05, 3.63) is 0 Å². The van der Waals surface area contributed by atoms with Crippen LogP contribution in [0.4, 0.5) is 4.39 Å². The van der Waals surface area contributed by atoms with Crippen molar-refractivity contribution < 1.29 is 4.39 Å². The molecule has 0 nitrogen and oxygen atoms in total. The van der Waals surface area contributed by atoms with Crippen LogP contribution in [0, 0.1) is 5.92 Å². The van der Waals surface area contributed by atoms with Gasteiger partial charge in [0, 0.05) is 0 Å². The SMILES string of the molecule is CCC1CCCC(F)(P)CC1. The quantitative estimate of drug-likeness (QED) is 0.423. The molecule has 0 amide bonds. The minimum Gasteiger partial charge on any atom is -0.240 e. The molecule has 0 aromatic rings. The average molecular weight is 176 g/mol. The molecule has 0 aromatic carbocycles. The van der Waals surface area contributed by atoms with E-state index in [4.69, 9.17) is 0 Å². The predicted molar refractivity (Wildman–Crippen MR) is 50.4 cm³/mol. The monoisotopic (exact) mass is 176 g/mol. The van der Waals surface area contributed by atoms with E-state index in [1.165, 1.54) is 12.8 Å². The molecule has 66 valence electrons. The summed E-state index contributed by atoms with van der Waals surface area (Å²) in [5.41, 5.74) is 0. The summed E-state index contributed by atoms with van der Waals surface area (Å²) in [6.07, 6.45) is 6.09. The summed E-state index contributed by atoms with van der Waals surface area (Å²) in [6, 6.07) is 0. The third kappa shape index (κ3) is 3.07. The van der Waals surface area contributed by atoms with E-state index in [9.17, 15) is 4.39 Å². The van der Waals surface area contributed by atoms with Crippen LogP contribution in [0.3, 0.4) is 0 Å². The van der Waals surface area contributed by atoms with Gasteiger partial charge in [0.25, 0.3) is 0 Å². The van der Waals surface area contributed by atoms with E-state index in [0.717, 1.165) is 31.6 Å². The highest BCUT2D eigenvalue weighted by atomic mass is 31.0. The standard InChI is InChI=1S/C9H18FP/c1-2-8-4-3-6-9(10,11)7-5-8/h8H,2-7,11H2,1H3. The summed E-state index contributed by atoms with van der Waals surface area (Å²) < 4.78 is 13.4. The zero-order valence-corrected chi connectivity index (χ0v) is 8.43. The molecule has 1 aliphatic carbocycles. The predicted octanol–water partition coefficient (Wildman–Crippen LogP) is 3.52. The van der Waals surface area contributed by atoms with Crippen LogP contribution in [-0.2, 0) is 0 Å². The minimum absolute atomic E-state index is 0.744. The third-order valence-corrected chi connectivity index (χ3v) is 3.33. The van der Waals surface area contributed by atoms with E-state index in [1.54, 1.807) is 0 Å². The van der Waals surface area contributed by atoms with Crippen LogP contribution in [0.25, 0.3) is 0 Å². The van der Waals surface area contributed by atoms with Crippen LogP contribution < -0.4 is 0 Å². The Morgan fingerprint density at radius 3 is 2.82 bits per heavy atom. The van der Waals surface area contributed by atoms with Crippen molar-refractivity contribution in [2.45, 2.75) is 50.9 Å². The molecule has 0 N–H and O–H groups in total. The number of rotatable bonds is 1. The maximum atomic E-state index is 13.4. The summed E-state index contributed by atoms with van der Waals surface area (Å²) in [5, 5.41) is -0.941. The molecular formula is C9H18FP. The molecule has 3 atom stereocenters. The van der Waals surface area contributed by atoms with E-state index in [-0.39, 0.29) is 0 Å². The first kappa shape index (κ1) is 9.45. The Morgan fingerprint density at radius 1 is 1.45 bits per heavy atom. The lowest BCUT2D eigenvalue weighted by Gasteiger charge is -2.16. The summed E-state index contributed by atoms with van der Waals surface area (Å²) in [7, 11) is 2.37. The maximum absolute atomic E-state index is 13.4. The number of alkyl halides is 1. The molecule has 0 spiro atoms. The first-order valence-corrected chi connectivity index (χ1v) is 5.19. The Balaban J connectivity index is 2.39. The van der Waals surface area contributed by atoms with Crippen molar-refractivity contribution in [2.75, 3.05) is 0 Å². The number of hydrogen-bond donors (Lipinski definition) is 0. The van der Waals surface area contributed by atoms with Gasteiger partial charge in [-0.1, -0.05) is 29.0 Å². The fourth-order valence-corrected chi connectivity index (χ4v) is 2.18. The van der Waals surface area contributed by atoms with Crippen LogP contribution >= 0.6 is 9.24 Å². The van der Waals surface area contributed by atoms with E-state index in [0.29, 0.717) is 0 Å². The normalized spacial score (nSPS) is 40.1. The van der Waals surface area contributed by atoms with Crippen LogP contribution in [-0.4, -0.2) is 5.41 Å². The van der Waals surface area contributed by atoms with Crippen LogP contribution in [0.1, 0.15) is 45.4 Å². The Morgan fingerprint density at radius 2 is 2.18 bits per heavy atom. The third-order valence-electron chi connectivity index (χ3n) is 2.75. The number of hydrogen-bond acceptors (Lipinski definition) is 0. The maximum Gasteiger partial charge on any atom is 0.123 e. The van der Waals surface area contributed by atoms with Gasteiger partial charge < -0.3 is 0 Å². The Kier molecular flexibility index (Phi) is 3.30. The van der Waals surface area contributed by atoms with Gasteiger partial charge >= 0.3 is 0 Å². The Hall–Kier alpha value is 0.360. The Labute approximate surface area is 71.1 Å². The van der Waals surface area contributed by atoms with E-state index >= 15 is 0 Å². The van der Waals surface area contributed by atoms with Crippen LogP contribution in [0.15, 0.2) is 0 Å². The minimum atomic E-state index is -0.941. The second-order valence-electron chi connectivity index (χ2n) is 3.74. The lowest BCUT2D eigenvalue weighted by Crippen LogP contribution is -2.10. The largest absolute Gasteiger partial charge is 0.240 e.